The summed E-state index contributed by atoms with van der Waals surface area (Å²) in [6.45, 7) is 51.5. The molecule has 15 aliphatic rings. The molecule has 10 heterocycles. The Hall–Kier alpha value is -7.58. The summed E-state index contributed by atoms with van der Waals surface area (Å²) in [5, 5.41) is 14.1. The van der Waals surface area contributed by atoms with Crippen molar-refractivity contribution in [1.29, 1.82) is 0 Å². The Labute approximate surface area is 755 Å². The van der Waals surface area contributed by atoms with Crippen molar-refractivity contribution in [2.24, 2.45) is 65.1 Å². The lowest BCUT2D eigenvalue weighted by atomic mass is 9.55. The van der Waals surface area contributed by atoms with Crippen molar-refractivity contribution in [2.75, 3.05) is 39.6 Å². The van der Waals surface area contributed by atoms with Gasteiger partial charge in [0.05, 0.1) is 86.3 Å². The molecular weight excluding hydrogens is 1620 g/mol. The van der Waals surface area contributed by atoms with Crippen molar-refractivity contribution in [3.63, 3.8) is 0 Å². The van der Waals surface area contributed by atoms with E-state index in [1.807, 2.05) is 61.6 Å². The van der Waals surface area contributed by atoms with Crippen LogP contribution >= 0.6 is 11.6 Å². The van der Waals surface area contributed by atoms with Gasteiger partial charge in [-0.3, -0.25) is 14.4 Å². The van der Waals surface area contributed by atoms with Gasteiger partial charge in [0.2, 0.25) is 0 Å². The van der Waals surface area contributed by atoms with Crippen LogP contribution in [0.25, 0.3) is 0 Å². The SMILES string of the molecule is Cc1nc(C)c2c(n1)[C@@]1(C)C/C(=C/O)C(=O)[C@@H](C)[C@@H]1CC2.Cc1nc(C)c2c(n1)[C@@]1(C)CCC(=O)[C@@H](C)[C@@H]1CC2.Cc1nc(C)c2c(n1)[C@@]1(C)CCC3(OCCO3)[C@@H](C)[C@@H]1CC2.Cc1nc(C)c2c(n1)[C@@]1(C)Cc3cnoc3[C@@H](C)[C@@H]1CC2.Cc1nc(Cl)c2c(n1)[C@@]1(C)CCC3(OCCO3)[C@@H](C)[C@@H]1CC2.Cc1nc2c(c(=O)[nH]1)CC[C@H]1[C@H](C)C3(CC[C@]21C)OCCO3. The van der Waals surface area contributed by atoms with Gasteiger partial charge in [0, 0.05) is 139 Å². The summed E-state index contributed by atoms with van der Waals surface area (Å²) in [6.07, 6.45) is 24.4. The fourth-order valence-corrected chi connectivity index (χ4v) is 28.9. The number of nitrogens with one attached hydrogen (secondary N) is 1. The fourth-order valence-electron chi connectivity index (χ4n) is 28.6. The standard InChI is InChI=1S/C18H26N2O2.C17H23ClN2O2.C17H21N3O.C17H24N2O3.C17H22N2O2.C16H22N2O/c1-11-15-6-5-14-12(2)19-13(3)20-16(14)17(15,4)7-8-18(11)21-9-10-22-18;1-10-13-5-4-12-14(19-11(2)20-15(12)18)16(13,3)6-7-17(10)21-8-9-22-17;1-9-14-6-5-13-10(2)19-11(3)20-16(13)17(14,4)7-12-8-18-21-15(9)12;1-10-13-5-4-12-14(18-11(2)19-15(12)20)16(13,3)6-7-17(10)21-8-9-22-17;1-9-14-6-5-13-10(2)18-11(3)19-16(13)17(14,4)7-12(8-20)15(9)21;1-9-13-6-5-12-10(2)17-11(3)18-15(12)16(13,4)8-7-14(9)19/h11,15H,5-10H2,1-4H3;10,13H,4-9H2,1-3H3;8-9,14H,5-7H2,1-4H3;10,13H,4-9H2,1-3H3,(H,18,19,20);8-9,14,20H,5-7H2,1-4H3;9,13H,5-8H2,1-4H3/b;;;;12-8-;/t11-,15-,17-;10-,13-,16-;9-,14-,17-;10-,13-,16-;9-,14-,17-;9-,13-,16-/m000000/s1. The van der Waals surface area contributed by atoms with Gasteiger partial charge in [-0.15, -0.1) is 0 Å². The summed E-state index contributed by atoms with van der Waals surface area (Å²) >= 11 is 6.40. The molecule has 12 aliphatic carbocycles. The lowest BCUT2D eigenvalue weighted by Gasteiger charge is -2.54. The van der Waals surface area contributed by atoms with E-state index in [-0.39, 0.29) is 73.2 Å². The number of hydrogen-bond acceptors (Lipinski definition) is 23. The molecule has 8 fully saturated rings. The molecule has 0 bridgehead atoms. The van der Waals surface area contributed by atoms with E-state index in [0.29, 0.717) is 102 Å². The highest BCUT2D eigenvalue weighted by molar-refractivity contribution is 6.30. The number of H-pyrrole nitrogens is 1. The summed E-state index contributed by atoms with van der Waals surface area (Å²) in [5.41, 5.74) is 20.9. The summed E-state index contributed by atoms with van der Waals surface area (Å²) in [7, 11) is 0. The van der Waals surface area contributed by atoms with Crippen LogP contribution in [-0.2, 0) is 115 Å². The van der Waals surface area contributed by atoms with Crippen molar-refractivity contribution in [2.45, 2.75) is 349 Å². The number of aromatic amines is 1. The molecule has 3 aliphatic heterocycles. The van der Waals surface area contributed by atoms with Crippen LogP contribution in [0.2, 0.25) is 5.15 Å². The largest absolute Gasteiger partial charge is 0.515 e. The number of aryl methyl sites for hydroxylation is 10. The average Bonchev–Trinajstić information content (AvgIpc) is 1.34. The van der Waals surface area contributed by atoms with Gasteiger partial charge in [-0.25, -0.2) is 54.8 Å². The van der Waals surface area contributed by atoms with Crippen LogP contribution in [0.5, 0.6) is 0 Å². The van der Waals surface area contributed by atoms with Crippen LogP contribution in [0.15, 0.2) is 27.3 Å². The molecule has 127 heavy (non-hydrogen) atoms. The van der Waals surface area contributed by atoms with Crippen LogP contribution in [-0.4, -0.2) is 139 Å². The molecule has 3 spiro atoms. The molecule has 2 N–H and O–H groups in total. The third kappa shape index (κ3) is 15.2. The fraction of sp³-hybridized carbons (Fsp3) is 0.696. The van der Waals surface area contributed by atoms with E-state index < -0.39 is 5.79 Å². The molecule has 22 rings (SSSR count). The topological polar surface area (TPSA) is 310 Å². The first kappa shape index (κ1) is 91.3. The Morgan fingerprint density at radius 2 is 0.709 bits per heavy atom. The molecule has 0 amide bonds. The number of carbonyl (C=O) groups is 2. The summed E-state index contributed by atoms with van der Waals surface area (Å²) in [5.74, 6) is 9.90. The summed E-state index contributed by atoms with van der Waals surface area (Å²) in [4.78, 5) is 90.8. The highest BCUT2D eigenvalue weighted by Crippen LogP contribution is 2.62. The number of hydrogen-bond donors (Lipinski definition) is 2. The van der Waals surface area contributed by atoms with Gasteiger partial charge in [-0.1, -0.05) is 99.8 Å². The van der Waals surface area contributed by atoms with Crippen LogP contribution in [0.3, 0.4) is 0 Å². The number of nitrogens with zero attached hydrogens (tertiary/aromatic N) is 12. The van der Waals surface area contributed by atoms with E-state index in [2.05, 4.69) is 132 Å². The molecule has 0 aromatic carbocycles. The van der Waals surface area contributed by atoms with Gasteiger partial charge < -0.3 is 43.0 Å². The number of aliphatic hydroxyl groups is 1. The second-order valence-corrected chi connectivity index (χ2v) is 42.6. The number of carbonyl (C=O) groups excluding carboxylic acids is 2. The Bertz CT molecular complexity index is 5430. The molecule has 7 aromatic rings. The first-order valence-corrected chi connectivity index (χ1v) is 48.3. The first-order valence-electron chi connectivity index (χ1n) is 47.9. The Balaban J connectivity index is 0.000000107. The number of allylic oxidation sites excluding steroid dienone is 1. The highest BCUT2D eigenvalue weighted by Gasteiger charge is 2.63. The molecule has 0 radical (unpaired) electrons. The van der Waals surface area contributed by atoms with Gasteiger partial charge in [0.15, 0.2) is 23.1 Å². The number of aliphatic hydroxyl groups excluding tert-OH is 1. The highest BCUT2D eigenvalue weighted by atomic mass is 35.5. The van der Waals surface area contributed by atoms with Crippen molar-refractivity contribution >= 4 is 23.2 Å². The average molecular weight is 1760 g/mol. The number of Topliss-reactive ketones (excluding diaryl/α,β-unsaturated/α-hetero) is 2. The van der Waals surface area contributed by atoms with Crippen molar-refractivity contribution in [3.8, 4) is 0 Å². The van der Waals surface area contributed by atoms with Crippen LogP contribution in [0.1, 0.15) is 322 Å². The van der Waals surface area contributed by atoms with E-state index in [1.165, 1.54) is 69.1 Å². The number of aromatic nitrogens is 13. The Kier molecular flexibility index (Phi) is 24.4. The third-order valence-corrected chi connectivity index (χ3v) is 35.7. The van der Waals surface area contributed by atoms with Crippen LogP contribution in [0.4, 0.5) is 0 Å². The summed E-state index contributed by atoms with van der Waals surface area (Å²) < 4.78 is 41.8. The maximum absolute atomic E-state index is 12.3. The minimum Gasteiger partial charge on any atom is -0.515 e. The van der Waals surface area contributed by atoms with Gasteiger partial charge in [0.1, 0.15) is 51.6 Å². The lowest BCUT2D eigenvalue weighted by molar-refractivity contribution is -0.235. The van der Waals surface area contributed by atoms with E-state index >= 15 is 0 Å². The van der Waals surface area contributed by atoms with Gasteiger partial charge in [-0.2, -0.15) is 0 Å². The number of ether oxygens (including phenoxy) is 6. The number of rotatable bonds is 0. The zero-order chi connectivity index (χ0) is 90.5. The predicted octanol–water partition coefficient (Wildman–Crippen LogP) is 17.7. The van der Waals surface area contributed by atoms with Crippen LogP contribution in [0, 0.1) is 134 Å². The minimum atomic E-state index is -0.405. The maximum atomic E-state index is 12.3. The zero-order valence-electron chi connectivity index (χ0n) is 79.7. The minimum absolute atomic E-state index is 0.0449. The molecule has 5 saturated carbocycles. The van der Waals surface area contributed by atoms with Gasteiger partial charge >= 0.3 is 0 Å². The molecule has 0 unspecified atom stereocenters. The molecule has 24 nitrogen and oxygen atoms in total. The van der Waals surface area contributed by atoms with E-state index in [9.17, 15) is 19.5 Å². The smallest absolute Gasteiger partial charge is 0.254 e. The van der Waals surface area contributed by atoms with E-state index in [4.69, 9.17) is 74.4 Å². The van der Waals surface area contributed by atoms with Gasteiger partial charge in [0.25, 0.3) is 5.56 Å². The molecule has 18 atom stereocenters. The van der Waals surface area contributed by atoms with Gasteiger partial charge in [-0.05, 0) is 243 Å². The normalized spacial score (nSPS) is 34.5. The third-order valence-electron chi connectivity index (χ3n) is 35.4. The maximum Gasteiger partial charge on any atom is 0.254 e. The van der Waals surface area contributed by atoms with Crippen molar-refractivity contribution < 1.29 is 47.6 Å². The first-order chi connectivity index (χ1) is 60.2. The zero-order valence-corrected chi connectivity index (χ0v) is 80.4. The number of fused-ring (bicyclic) bond motifs is 19. The molecule has 7 aromatic heterocycles. The quantitative estimate of drug-likeness (QED) is 0.0809. The predicted molar refractivity (Wildman–Crippen MR) is 483 cm³/mol. The van der Waals surface area contributed by atoms with E-state index in [0.717, 1.165) is 223 Å². The molecular formula is C102H138ClN13O11. The second-order valence-electron chi connectivity index (χ2n) is 42.3. The van der Waals surface area contributed by atoms with Crippen molar-refractivity contribution in [1.82, 2.24) is 65.0 Å². The van der Waals surface area contributed by atoms with E-state index in [1.54, 1.807) is 0 Å². The Morgan fingerprint density at radius 3 is 1.12 bits per heavy atom. The summed E-state index contributed by atoms with van der Waals surface area (Å²) in [6, 6.07) is 0. The van der Waals surface area contributed by atoms with Crippen LogP contribution < -0.4 is 5.56 Å². The lowest BCUT2D eigenvalue weighted by Crippen LogP contribution is -2.56. The molecule has 684 valence electrons. The Morgan fingerprint density at radius 1 is 0.378 bits per heavy atom. The number of ketones is 2. The monoisotopic (exact) mass is 1760 g/mol. The van der Waals surface area contributed by atoms with Crippen molar-refractivity contribution in [3.05, 3.63) is 170 Å². The second kappa shape index (κ2) is 33.9. The number of halogens is 1. The molecule has 3 saturated heterocycles. The molecule has 25 heteroatoms.